The number of carbonyl (C=O) groups is 1. The quantitative estimate of drug-likeness (QED) is 0.0417. The average Bonchev–Trinajstić information content (AvgIpc) is 3.04. The van der Waals surface area contributed by atoms with Gasteiger partial charge in [0.05, 0.1) is 6.61 Å². The molecule has 43 heavy (non-hydrogen) atoms. The van der Waals surface area contributed by atoms with Crippen LogP contribution in [0.1, 0.15) is 165 Å². The SMILES string of the molecule is CCCCCCCCCCCCCCCCCCCCCCOc1ccc(C=CC(=O)c2ccc(SCCC)cc2)cc1. The van der Waals surface area contributed by atoms with Crippen molar-refractivity contribution in [3.8, 4) is 5.75 Å². The Kier molecular flexibility index (Phi) is 22.8. The van der Waals surface area contributed by atoms with Gasteiger partial charge in [0.15, 0.2) is 5.78 Å². The summed E-state index contributed by atoms with van der Waals surface area (Å²) in [6, 6.07) is 15.9. The molecule has 0 saturated heterocycles. The second-order valence-electron chi connectivity index (χ2n) is 12.2. The summed E-state index contributed by atoms with van der Waals surface area (Å²) in [5.41, 5.74) is 1.74. The summed E-state index contributed by atoms with van der Waals surface area (Å²) >= 11 is 1.83. The van der Waals surface area contributed by atoms with Crippen LogP contribution >= 0.6 is 11.8 Å². The molecule has 240 valence electrons. The molecule has 2 rings (SSSR count). The van der Waals surface area contributed by atoms with Gasteiger partial charge < -0.3 is 4.74 Å². The zero-order valence-corrected chi connectivity index (χ0v) is 28.6. The Balaban J connectivity index is 1.39. The molecule has 0 aliphatic rings. The molecule has 0 unspecified atom stereocenters. The lowest BCUT2D eigenvalue weighted by atomic mass is 10.0. The minimum atomic E-state index is 0.0342. The number of hydrogen-bond acceptors (Lipinski definition) is 3. The van der Waals surface area contributed by atoms with E-state index in [2.05, 4.69) is 13.8 Å². The molecule has 0 atom stereocenters. The molecule has 0 bridgehead atoms. The lowest BCUT2D eigenvalue weighted by molar-refractivity contribution is 0.104. The first-order valence-electron chi connectivity index (χ1n) is 17.9. The van der Waals surface area contributed by atoms with E-state index in [0.717, 1.165) is 42.1 Å². The van der Waals surface area contributed by atoms with Gasteiger partial charge in [-0.2, -0.15) is 0 Å². The lowest BCUT2D eigenvalue weighted by Gasteiger charge is -2.07. The summed E-state index contributed by atoms with van der Waals surface area (Å²) in [7, 11) is 0. The molecule has 0 aromatic heterocycles. The highest BCUT2D eigenvalue weighted by atomic mass is 32.2. The number of hydrogen-bond donors (Lipinski definition) is 0. The molecule has 0 spiro atoms. The van der Waals surface area contributed by atoms with Crippen molar-refractivity contribution in [3.05, 3.63) is 65.7 Å². The maximum Gasteiger partial charge on any atom is 0.185 e. The van der Waals surface area contributed by atoms with Crippen molar-refractivity contribution in [1.82, 2.24) is 0 Å². The van der Waals surface area contributed by atoms with E-state index in [-0.39, 0.29) is 5.78 Å². The van der Waals surface area contributed by atoms with Gasteiger partial charge in [-0.15, -0.1) is 11.8 Å². The molecule has 0 N–H and O–H groups in total. The number of thioether (sulfide) groups is 1. The Hall–Kier alpha value is -2.00. The first kappa shape index (κ1) is 37.2. The van der Waals surface area contributed by atoms with Crippen LogP contribution in [0.5, 0.6) is 5.75 Å². The van der Waals surface area contributed by atoms with Gasteiger partial charge in [0, 0.05) is 10.5 Å². The van der Waals surface area contributed by atoms with Crippen LogP contribution in [0.25, 0.3) is 6.08 Å². The highest BCUT2D eigenvalue weighted by Gasteiger charge is 2.03. The Morgan fingerprint density at radius 1 is 0.581 bits per heavy atom. The van der Waals surface area contributed by atoms with Crippen LogP contribution in [-0.4, -0.2) is 18.1 Å². The van der Waals surface area contributed by atoms with Crippen LogP contribution in [0.4, 0.5) is 0 Å². The zero-order valence-electron chi connectivity index (χ0n) is 27.8. The predicted molar refractivity (Wildman–Crippen MR) is 191 cm³/mol. The largest absolute Gasteiger partial charge is 0.494 e. The third-order valence-electron chi connectivity index (χ3n) is 8.19. The van der Waals surface area contributed by atoms with E-state index in [0.29, 0.717) is 0 Å². The summed E-state index contributed by atoms with van der Waals surface area (Å²) in [6.07, 6.45) is 32.7. The number of rotatable bonds is 28. The second kappa shape index (κ2) is 26.4. The van der Waals surface area contributed by atoms with Crippen molar-refractivity contribution in [3.63, 3.8) is 0 Å². The Labute approximate surface area is 269 Å². The molecule has 0 aliphatic carbocycles. The van der Waals surface area contributed by atoms with E-state index in [1.165, 1.54) is 127 Å². The van der Waals surface area contributed by atoms with E-state index in [1.807, 2.05) is 66.4 Å². The van der Waals surface area contributed by atoms with Gasteiger partial charge in [-0.05, 0) is 66.6 Å². The maximum atomic E-state index is 12.5. The molecule has 0 fully saturated rings. The van der Waals surface area contributed by atoms with Gasteiger partial charge in [0.1, 0.15) is 5.75 Å². The van der Waals surface area contributed by atoms with Crippen LogP contribution in [0.3, 0.4) is 0 Å². The molecular formula is C40H62O2S. The van der Waals surface area contributed by atoms with E-state index in [9.17, 15) is 4.79 Å². The third-order valence-corrected chi connectivity index (χ3v) is 9.40. The normalized spacial score (nSPS) is 11.4. The van der Waals surface area contributed by atoms with Crippen LogP contribution in [-0.2, 0) is 0 Å². The summed E-state index contributed by atoms with van der Waals surface area (Å²) < 4.78 is 5.94. The monoisotopic (exact) mass is 606 g/mol. The number of carbonyl (C=O) groups excluding carboxylic acids is 1. The van der Waals surface area contributed by atoms with Crippen molar-refractivity contribution in [2.24, 2.45) is 0 Å². The molecule has 2 aromatic carbocycles. The summed E-state index contributed by atoms with van der Waals surface area (Å²) in [5.74, 6) is 2.04. The molecule has 2 aromatic rings. The van der Waals surface area contributed by atoms with Crippen molar-refractivity contribution >= 4 is 23.6 Å². The number of unbranched alkanes of at least 4 members (excludes halogenated alkanes) is 19. The Bertz CT molecular complexity index is 947. The second-order valence-corrected chi connectivity index (χ2v) is 13.4. The predicted octanol–water partition coefficient (Wildman–Crippen LogP) is 13.3. The molecular weight excluding hydrogens is 545 g/mol. The van der Waals surface area contributed by atoms with Gasteiger partial charge in [-0.1, -0.05) is 154 Å². The topological polar surface area (TPSA) is 26.3 Å². The molecule has 0 radical (unpaired) electrons. The molecule has 0 heterocycles. The number of allylic oxidation sites excluding steroid dienone is 1. The van der Waals surface area contributed by atoms with Crippen molar-refractivity contribution in [1.29, 1.82) is 0 Å². The van der Waals surface area contributed by atoms with Crippen molar-refractivity contribution in [2.75, 3.05) is 12.4 Å². The van der Waals surface area contributed by atoms with Gasteiger partial charge >= 0.3 is 0 Å². The minimum Gasteiger partial charge on any atom is -0.494 e. The highest BCUT2D eigenvalue weighted by molar-refractivity contribution is 7.99. The first-order valence-corrected chi connectivity index (χ1v) is 18.9. The molecule has 0 aliphatic heterocycles. The summed E-state index contributed by atoms with van der Waals surface area (Å²) in [4.78, 5) is 13.7. The van der Waals surface area contributed by atoms with E-state index < -0.39 is 0 Å². The van der Waals surface area contributed by atoms with E-state index in [1.54, 1.807) is 6.08 Å². The first-order chi connectivity index (χ1) is 21.2. The molecule has 2 nitrogen and oxygen atoms in total. The molecule has 3 heteroatoms. The summed E-state index contributed by atoms with van der Waals surface area (Å²) in [6.45, 7) is 5.25. The fraction of sp³-hybridized carbons (Fsp3) is 0.625. The van der Waals surface area contributed by atoms with Crippen LogP contribution in [0, 0.1) is 0 Å². The van der Waals surface area contributed by atoms with Crippen molar-refractivity contribution < 1.29 is 9.53 Å². The smallest absolute Gasteiger partial charge is 0.185 e. The Morgan fingerprint density at radius 3 is 1.51 bits per heavy atom. The number of ketones is 1. The number of benzene rings is 2. The number of ether oxygens (including phenoxy) is 1. The Morgan fingerprint density at radius 2 is 1.05 bits per heavy atom. The van der Waals surface area contributed by atoms with Crippen LogP contribution < -0.4 is 4.74 Å². The zero-order chi connectivity index (χ0) is 30.6. The van der Waals surface area contributed by atoms with E-state index in [4.69, 9.17) is 4.74 Å². The average molecular weight is 607 g/mol. The van der Waals surface area contributed by atoms with Crippen LogP contribution in [0.2, 0.25) is 0 Å². The standard InChI is InChI=1S/C40H62O2S/c1-3-5-6-7-8-9-10-11-12-13-14-15-16-17-18-19-20-21-22-23-34-42-38-29-24-36(25-30-38)26-33-40(41)37-27-31-39(32-28-37)43-35-4-2/h24-33H,3-23,34-35H2,1-2H3. The van der Waals surface area contributed by atoms with Gasteiger partial charge in [0.25, 0.3) is 0 Å². The maximum absolute atomic E-state index is 12.5. The lowest BCUT2D eigenvalue weighted by Crippen LogP contribution is -1.97. The third kappa shape index (κ3) is 19.8. The fourth-order valence-corrected chi connectivity index (χ4v) is 6.19. The molecule has 0 saturated carbocycles. The van der Waals surface area contributed by atoms with E-state index >= 15 is 0 Å². The summed E-state index contributed by atoms with van der Waals surface area (Å²) in [5, 5.41) is 0. The van der Waals surface area contributed by atoms with Crippen molar-refractivity contribution in [2.45, 2.75) is 154 Å². The fourth-order valence-electron chi connectivity index (χ4n) is 5.43. The van der Waals surface area contributed by atoms with Gasteiger partial charge in [-0.25, -0.2) is 0 Å². The highest BCUT2D eigenvalue weighted by Crippen LogP contribution is 2.20. The van der Waals surface area contributed by atoms with Gasteiger partial charge in [0.2, 0.25) is 0 Å². The van der Waals surface area contributed by atoms with Crippen LogP contribution in [0.15, 0.2) is 59.5 Å². The molecule has 0 amide bonds. The minimum absolute atomic E-state index is 0.0342. The van der Waals surface area contributed by atoms with Gasteiger partial charge in [-0.3, -0.25) is 4.79 Å².